The molecule has 0 spiro atoms. The zero-order valence-corrected chi connectivity index (χ0v) is 17.3. The molecule has 1 unspecified atom stereocenters. The van der Waals surface area contributed by atoms with Gasteiger partial charge in [0.2, 0.25) is 0 Å². The third-order valence-corrected chi connectivity index (χ3v) is 6.12. The van der Waals surface area contributed by atoms with Crippen molar-refractivity contribution in [2.24, 2.45) is 0 Å². The van der Waals surface area contributed by atoms with Crippen LogP contribution in [0.1, 0.15) is 24.6 Å². The number of rotatable bonds is 4. The van der Waals surface area contributed by atoms with Gasteiger partial charge in [0.1, 0.15) is 5.75 Å². The lowest BCUT2D eigenvalue weighted by Gasteiger charge is -2.36. The minimum atomic E-state index is -0.526. The van der Waals surface area contributed by atoms with Gasteiger partial charge >= 0.3 is 0 Å². The normalized spacial score (nSPS) is 17.1. The van der Waals surface area contributed by atoms with Gasteiger partial charge in [0, 0.05) is 31.6 Å². The molecule has 1 aliphatic carbocycles. The van der Waals surface area contributed by atoms with Gasteiger partial charge in [-0.3, -0.25) is 4.79 Å². The molecule has 1 aliphatic heterocycles. The third-order valence-electron chi connectivity index (χ3n) is 6.12. The molecule has 0 saturated carbocycles. The summed E-state index contributed by atoms with van der Waals surface area (Å²) in [5, 5.41) is 10.9. The molecule has 2 aliphatic rings. The summed E-state index contributed by atoms with van der Waals surface area (Å²) < 4.78 is 6.08. The van der Waals surface area contributed by atoms with Gasteiger partial charge in [-0.1, -0.05) is 36.4 Å². The lowest BCUT2D eigenvalue weighted by molar-refractivity contribution is -0.138. The van der Waals surface area contributed by atoms with Crippen molar-refractivity contribution in [3.05, 3.63) is 59.8 Å². The van der Waals surface area contributed by atoms with Crippen molar-refractivity contribution in [3.8, 4) is 5.75 Å². The summed E-state index contributed by atoms with van der Waals surface area (Å²) in [5.74, 6) is 1.71. The van der Waals surface area contributed by atoms with Gasteiger partial charge in [0.05, 0.1) is 5.69 Å². The van der Waals surface area contributed by atoms with Crippen LogP contribution in [0.4, 0.5) is 5.82 Å². The van der Waals surface area contributed by atoms with Crippen LogP contribution in [-0.4, -0.2) is 53.3 Å². The summed E-state index contributed by atoms with van der Waals surface area (Å²) >= 11 is 0. The van der Waals surface area contributed by atoms with Gasteiger partial charge in [0.25, 0.3) is 5.91 Å². The fourth-order valence-corrected chi connectivity index (χ4v) is 4.42. The number of piperazine rings is 1. The molecule has 1 aromatic heterocycles. The topological polar surface area (TPSA) is 58.6 Å². The van der Waals surface area contributed by atoms with Crippen molar-refractivity contribution in [2.75, 3.05) is 31.1 Å². The van der Waals surface area contributed by atoms with Crippen LogP contribution >= 0.6 is 0 Å². The van der Waals surface area contributed by atoms with Gasteiger partial charge in [-0.2, -0.15) is 5.10 Å². The van der Waals surface area contributed by atoms with E-state index in [-0.39, 0.29) is 5.91 Å². The van der Waals surface area contributed by atoms with Crippen LogP contribution in [0.15, 0.2) is 48.5 Å². The van der Waals surface area contributed by atoms with Crippen molar-refractivity contribution < 1.29 is 9.53 Å². The molecule has 1 fully saturated rings. The van der Waals surface area contributed by atoms with Gasteiger partial charge in [-0.05, 0) is 49.3 Å². The first kappa shape index (κ1) is 18.9. The number of hydrogen-bond acceptors (Lipinski definition) is 5. The Bertz CT molecular complexity index is 1070. The molecule has 1 saturated heterocycles. The maximum Gasteiger partial charge on any atom is 0.263 e. The molecule has 30 heavy (non-hydrogen) atoms. The van der Waals surface area contributed by atoms with Crippen LogP contribution in [0.25, 0.3) is 10.8 Å². The van der Waals surface area contributed by atoms with E-state index in [1.54, 1.807) is 0 Å². The van der Waals surface area contributed by atoms with E-state index in [4.69, 9.17) is 4.74 Å². The SMILES string of the molecule is CC(Oc1cccc2ccccc12)C(=O)N1CCN(c2cc3c(nn2)CCC3)CC1. The van der Waals surface area contributed by atoms with Crippen molar-refractivity contribution in [2.45, 2.75) is 32.3 Å². The lowest BCUT2D eigenvalue weighted by Crippen LogP contribution is -2.52. The molecular formula is C24H26N4O2. The average Bonchev–Trinajstić information content (AvgIpc) is 3.27. The van der Waals surface area contributed by atoms with Crippen LogP contribution in [0, 0.1) is 0 Å². The Labute approximate surface area is 176 Å². The maximum atomic E-state index is 13.0. The quantitative estimate of drug-likeness (QED) is 0.671. The highest BCUT2D eigenvalue weighted by atomic mass is 16.5. The molecule has 0 N–H and O–H groups in total. The predicted molar refractivity (Wildman–Crippen MR) is 117 cm³/mol. The molecule has 0 bridgehead atoms. The summed E-state index contributed by atoms with van der Waals surface area (Å²) in [7, 11) is 0. The monoisotopic (exact) mass is 402 g/mol. The number of aromatic nitrogens is 2. The van der Waals surface area contributed by atoms with E-state index >= 15 is 0 Å². The van der Waals surface area contributed by atoms with Crippen molar-refractivity contribution >= 4 is 22.5 Å². The largest absolute Gasteiger partial charge is 0.480 e. The zero-order valence-electron chi connectivity index (χ0n) is 17.3. The Morgan fingerprint density at radius 1 is 1.00 bits per heavy atom. The van der Waals surface area contributed by atoms with E-state index in [9.17, 15) is 4.79 Å². The number of anilines is 1. The van der Waals surface area contributed by atoms with Gasteiger partial charge in [0.15, 0.2) is 11.9 Å². The second-order valence-electron chi connectivity index (χ2n) is 8.08. The molecule has 6 heteroatoms. The van der Waals surface area contributed by atoms with Crippen molar-refractivity contribution in [1.29, 1.82) is 0 Å². The Morgan fingerprint density at radius 2 is 1.80 bits per heavy atom. The molecule has 0 radical (unpaired) electrons. The smallest absolute Gasteiger partial charge is 0.263 e. The van der Waals surface area contributed by atoms with E-state index in [2.05, 4.69) is 33.3 Å². The van der Waals surface area contributed by atoms with Gasteiger partial charge in [-0.15, -0.1) is 5.10 Å². The Balaban J connectivity index is 1.22. The minimum Gasteiger partial charge on any atom is -0.480 e. The summed E-state index contributed by atoms with van der Waals surface area (Å²) in [5.41, 5.74) is 2.47. The number of aryl methyl sites for hydroxylation is 2. The van der Waals surface area contributed by atoms with Crippen molar-refractivity contribution in [1.82, 2.24) is 15.1 Å². The van der Waals surface area contributed by atoms with E-state index in [1.165, 1.54) is 12.0 Å². The second kappa shape index (κ2) is 7.94. The fourth-order valence-electron chi connectivity index (χ4n) is 4.42. The Hall–Kier alpha value is -3.15. The maximum absolute atomic E-state index is 13.0. The first-order valence-electron chi connectivity index (χ1n) is 10.7. The van der Waals surface area contributed by atoms with Crippen LogP contribution in [0.2, 0.25) is 0 Å². The van der Waals surface area contributed by atoms with Gasteiger partial charge < -0.3 is 14.5 Å². The average molecular weight is 402 g/mol. The standard InChI is InChI=1S/C24H26N4O2/c1-17(30-22-11-5-7-18-6-2-3-9-20(18)22)24(29)28-14-12-27(13-15-28)23-16-19-8-4-10-21(19)25-26-23/h2-3,5-7,9,11,16-17H,4,8,10,12-15H2,1H3. The zero-order chi connectivity index (χ0) is 20.5. The molecule has 1 atom stereocenters. The lowest BCUT2D eigenvalue weighted by atomic mass is 10.1. The number of amides is 1. The number of nitrogens with zero attached hydrogens (tertiary/aromatic N) is 4. The molecule has 3 aromatic rings. The number of ether oxygens (including phenoxy) is 1. The van der Waals surface area contributed by atoms with Crippen LogP contribution in [-0.2, 0) is 17.6 Å². The number of fused-ring (bicyclic) bond motifs is 2. The minimum absolute atomic E-state index is 0.0302. The van der Waals surface area contributed by atoms with Crippen LogP contribution < -0.4 is 9.64 Å². The highest BCUT2D eigenvalue weighted by Gasteiger charge is 2.27. The van der Waals surface area contributed by atoms with E-state index in [0.717, 1.165) is 54.0 Å². The third kappa shape index (κ3) is 3.58. The van der Waals surface area contributed by atoms with Crippen molar-refractivity contribution in [3.63, 3.8) is 0 Å². The Kier molecular flexibility index (Phi) is 4.99. The number of benzene rings is 2. The summed E-state index contributed by atoms with van der Waals surface area (Å²) in [6.07, 6.45) is 2.78. The van der Waals surface area contributed by atoms with E-state index in [0.29, 0.717) is 13.1 Å². The molecule has 2 aromatic carbocycles. The molecule has 2 heterocycles. The summed E-state index contributed by atoms with van der Waals surface area (Å²) in [4.78, 5) is 17.1. The Morgan fingerprint density at radius 3 is 2.67 bits per heavy atom. The first-order valence-corrected chi connectivity index (χ1v) is 10.7. The number of carbonyl (C=O) groups is 1. The van der Waals surface area contributed by atoms with Crippen LogP contribution in [0.5, 0.6) is 5.75 Å². The predicted octanol–water partition coefficient (Wildman–Crippen LogP) is 3.23. The van der Waals surface area contributed by atoms with E-state index < -0.39 is 6.10 Å². The number of carbonyl (C=O) groups excluding carboxylic acids is 1. The molecule has 1 amide bonds. The number of hydrogen-bond donors (Lipinski definition) is 0. The highest BCUT2D eigenvalue weighted by molar-refractivity contribution is 5.89. The second-order valence-corrected chi connectivity index (χ2v) is 8.08. The molecule has 154 valence electrons. The molecule has 6 nitrogen and oxygen atoms in total. The molecular weight excluding hydrogens is 376 g/mol. The fraction of sp³-hybridized carbons (Fsp3) is 0.375. The molecule has 5 rings (SSSR count). The van der Waals surface area contributed by atoms with E-state index in [1.807, 2.05) is 42.2 Å². The summed E-state index contributed by atoms with van der Waals surface area (Å²) in [6.45, 7) is 4.70. The highest BCUT2D eigenvalue weighted by Crippen LogP contribution is 2.27. The first-order chi connectivity index (χ1) is 14.7. The summed E-state index contributed by atoms with van der Waals surface area (Å²) in [6, 6.07) is 16.2. The van der Waals surface area contributed by atoms with Crippen LogP contribution in [0.3, 0.4) is 0 Å². The van der Waals surface area contributed by atoms with Gasteiger partial charge in [-0.25, -0.2) is 0 Å².